The number of rotatable bonds is 5. The van der Waals surface area contributed by atoms with E-state index in [2.05, 4.69) is 152 Å². The second-order valence-electron chi connectivity index (χ2n) is 10.9. The van der Waals surface area contributed by atoms with Crippen LogP contribution in [0.25, 0.3) is 33.0 Å². The number of fused-ring (bicyclic) bond motifs is 4. The van der Waals surface area contributed by atoms with Crippen molar-refractivity contribution >= 4 is 33.5 Å². The van der Waals surface area contributed by atoms with Gasteiger partial charge in [0, 0.05) is 28.2 Å². The van der Waals surface area contributed by atoms with Crippen LogP contribution in [0, 0.1) is 0 Å². The van der Waals surface area contributed by atoms with Crippen molar-refractivity contribution in [2.75, 3.05) is 10.6 Å². The molecule has 39 heavy (non-hydrogen) atoms. The van der Waals surface area contributed by atoms with Crippen LogP contribution in [-0.2, 0) is 5.41 Å². The van der Waals surface area contributed by atoms with Crippen molar-refractivity contribution in [2.45, 2.75) is 19.3 Å². The molecule has 6 aromatic rings. The van der Waals surface area contributed by atoms with Gasteiger partial charge in [0.2, 0.25) is 0 Å². The second-order valence-corrected chi connectivity index (χ2v) is 10.9. The molecule has 0 unspecified atom stereocenters. The molecule has 0 bridgehead atoms. The van der Waals surface area contributed by atoms with Crippen LogP contribution in [0.1, 0.15) is 25.0 Å². The van der Waals surface area contributed by atoms with Crippen LogP contribution in [0.15, 0.2) is 133 Å². The molecule has 188 valence electrons. The van der Waals surface area contributed by atoms with E-state index in [1.807, 2.05) is 6.07 Å². The molecule has 0 amide bonds. The molecule has 1 aliphatic rings. The smallest absolute Gasteiger partial charge is 0.0387 e. The molecule has 0 atom stereocenters. The summed E-state index contributed by atoms with van der Waals surface area (Å²) in [6.45, 7) is 4.65. The van der Waals surface area contributed by atoms with E-state index in [-0.39, 0.29) is 5.41 Å². The summed E-state index contributed by atoms with van der Waals surface area (Å²) in [6, 6.07) is 47.7. The number of anilines is 4. The summed E-state index contributed by atoms with van der Waals surface area (Å²) in [5.74, 6) is 0. The summed E-state index contributed by atoms with van der Waals surface area (Å²) >= 11 is 0. The van der Waals surface area contributed by atoms with E-state index in [9.17, 15) is 0 Å². The summed E-state index contributed by atoms with van der Waals surface area (Å²) < 4.78 is 0. The van der Waals surface area contributed by atoms with E-state index >= 15 is 0 Å². The highest BCUT2D eigenvalue weighted by Gasteiger charge is 2.35. The lowest BCUT2D eigenvalue weighted by Gasteiger charge is -2.23. The van der Waals surface area contributed by atoms with E-state index in [0.29, 0.717) is 0 Å². The predicted molar refractivity (Wildman–Crippen MR) is 166 cm³/mol. The Bertz CT molecular complexity index is 1820. The first-order valence-corrected chi connectivity index (χ1v) is 13.5. The first-order valence-electron chi connectivity index (χ1n) is 13.5. The van der Waals surface area contributed by atoms with Crippen LogP contribution in [0.2, 0.25) is 0 Å². The number of para-hydroxylation sites is 1. The summed E-state index contributed by atoms with van der Waals surface area (Å²) in [5.41, 5.74) is 12.1. The zero-order valence-corrected chi connectivity index (χ0v) is 22.2. The maximum atomic E-state index is 3.64. The van der Waals surface area contributed by atoms with Gasteiger partial charge in [0.05, 0.1) is 0 Å². The van der Waals surface area contributed by atoms with E-state index in [0.717, 1.165) is 22.7 Å². The molecule has 0 radical (unpaired) electrons. The zero-order chi connectivity index (χ0) is 26.4. The van der Waals surface area contributed by atoms with Gasteiger partial charge in [0.15, 0.2) is 0 Å². The van der Waals surface area contributed by atoms with Crippen molar-refractivity contribution in [3.05, 3.63) is 145 Å². The van der Waals surface area contributed by atoms with Gasteiger partial charge in [0.1, 0.15) is 0 Å². The fourth-order valence-electron chi connectivity index (χ4n) is 5.86. The molecule has 0 spiro atoms. The third-order valence-electron chi connectivity index (χ3n) is 7.99. The Morgan fingerprint density at radius 3 is 1.56 bits per heavy atom. The van der Waals surface area contributed by atoms with E-state index < -0.39 is 0 Å². The fourth-order valence-corrected chi connectivity index (χ4v) is 5.86. The molecule has 0 saturated carbocycles. The van der Waals surface area contributed by atoms with Gasteiger partial charge < -0.3 is 10.6 Å². The maximum absolute atomic E-state index is 3.64. The van der Waals surface area contributed by atoms with Gasteiger partial charge in [-0.25, -0.2) is 0 Å². The van der Waals surface area contributed by atoms with Crippen molar-refractivity contribution in [3.8, 4) is 22.3 Å². The van der Waals surface area contributed by atoms with Crippen LogP contribution in [0.5, 0.6) is 0 Å². The third kappa shape index (κ3) is 4.24. The normalized spacial score (nSPS) is 13.1. The average Bonchev–Trinajstić information content (AvgIpc) is 3.19. The van der Waals surface area contributed by atoms with Crippen molar-refractivity contribution < 1.29 is 0 Å². The van der Waals surface area contributed by atoms with Gasteiger partial charge in [-0.15, -0.1) is 0 Å². The van der Waals surface area contributed by atoms with Gasteiger partial charge in [-0.05, 0) is 98.8 Å². The number of hydrogen-bond acceptors (Lipinski definition) is 2. The lowest BCUT2D eigenvalue weighted by Crippen LogP contribution is -2.15. The largest absolute Gasteiger partial charge is 0.356 e. The molecule has 0 saturated heterocycles. The Kier molecular flexibility index (Phi) is 5.49. The van der Waals surface area contributed by atoms with Crippen molar-refractivity contribution in [1.82, 2.24) is 0 Å². The van der Waals surface area contributed by atoms with E-state index in [1.54, 1.807) is 0 Å². The molecule has 0 aliphatic heterocycles. The average molecular weight is 503 g/mol. The Balaban J connectivity index is 1.13. The topological polar surface area (TPSA) is 24.1 Å². The Labute approximate surface area is 230 Å². The van der Waals surface area contributed by atoms with Gasteiger partial charge in [0.25, 0.3) is 0 Å². The number of nitrogens with one attached hydrogen (secondary N) is 2. The molecule has 0 heterocycles. The van der Waals surface area contributed by atoms with Crippen molar-refractivity contribution in [3.63, 3.8) is 0 Å². The quantitative estimate of drug-likeness (QED) is 0.245. The van der Waals surface area contributed by atoms with Gasteiger partial charge >= 0.3 is 0 Å². The number of hydrogen-bond donors (Lipinski definition) is 2. The summed E-state index contributed by atoms with van der Waals surface area (Å²) in [4.78, 5) is 0. The first kappa shape index (κ1) is 23.3. The Morgan fingerprint density at radius 2 is 0.923 bits per heavy atom. The molecule has 2 heteroatoms. The fraction of sp³-hybridized carbons (Fsp3) is 0.0811. The summed E-state index contributed by atoms with van der Waals surface area (Å²) in [7, 11) is 0. The predicted octanol–water partition coefficient (Wildman–Crippen LogP) is 10.3. The monoisotopic (exact) mass is 502 g/mol. The lowest BCUT2D eigenvalue weighted by atomic mass is 9.82. The molecule has 2 nitrogen and oxygen atoms in total. The summed E-state index contributed by atoms with van der Waals surface area (Å²) in [6.07, 6.45) is 0. The minimum Gasteiger partial charge on any atom is -0.356 e. The molecule has 0 aromatic heterocycles. The Hall–Kier alpha value is -4.82. The Morgan fingerprint density at radius 1 is 0.410 bits per heavy atom. The standard InChI is InChI=1S/C37H30N2/c1-37(2)35-23-31(38-29-10-4-3-5-11-29)18-20-33(35)34-21-19-32(24-36(34)37)39-30-16-14-26(15-17-30)28-13-12-25-8-6-7-9-27(25)22-28/h3-24,38-39H,1-2H3. The highest BCUT2D eigenvalue weighted by molar-refractivity contribution is 5.88. The maximum Gasteiger partial charge on any atom is 0.0387 e. The second kappa shape index (κ2) is 9.18. The van der Waals surface area contributed by atoms with E-state index in [1.165, 1.54) is 44.2 Å². The van der Waals surface area contributed by atoms with E-state index in [4.69, 9.17) is 0 Å². The van der Waals surface area contributed by atoms with Crippen molar-refractivity contribution in [1.29, 1.82) is 0 Å². The van der Waals surface area contributed by atoms with Crippen LogP contribution in [-0.4, -0.2) is 0 Å². The molecule has 0 fully saturated rings. The first-order chi connectivity index (χ1) is 19.0. The van der Waals surface area contributed by atoms with Gasteiger partial charge in [-0.1, -0.05) is 92.7 Å². The molecular weight excluding hydrogens is 472 g/mol. The summed E-state index contributed by atoms with van der Waals surface area (Å²) in [5, 5.41) is 9.73. The minimum atomic E-state index is -0.0866. The molecule has 1 aliphatic carbocycles. The lowest BCUT2D eigenvalue weighted by molar-refractivity contribution is 0.661. The van der Waals surface area contributed by atoms with Crippen LogP contribution < -0.4 is 10.6 Å². The van der Waals surface area contributed by atoms with Crippen LogP contribution in [0.3, 0.4) is 0 Å². The zero-order valence-electron chi connectivity index (χ0n) is 22.2. The molecule has 2 N–H and O–H groups in total. The SMILES string of the molecule is CC1(C)c2cc(Nc3ccccc3)ccc2-c2ccc(Nc3ccc(-c4ccc5ccccc5c4)cc3)cc21. The molecular formula is C37H30N2. The van der Waals surface area contributed by atoms with Gasteiger partial charge in [-0.3, -0.25) is 0 Å². The van der Waals surface area contributed by atoms with Crippen LogP contribution >= 0.6 is 0 Å². The van der Waals surface area contributed by atoms with Gasteiger partial charge in [-0.2, -0.15) is 0 Å². The van der Waals surface area contributed by atoms with Crippen LogP contribution in [0.4, 0.5) is 22.7 Å². The molecule has 7 rings (SSSR count). The van der Waals surface area contributed by atoms with Crippen molar-refractivity contribution in [2.24, 2.45) is 0 Å². The number of benzene rings is 6. The highest BCUT2D eigenvalue weighted by atomic mass is 14.9. The highest BCUT2D eigenvalue weighted by Crippen LogP contribution is 2.50. The molecule has 6 aromatic carbocycles. The minimum absolute atomic E-state index is 0.0866. The third-order valence-corrected chi connectivity index (χ3v) is 7.99.